The average molecular weight is 366 g/mol. The van der Waals surface area contributed by atoms with Crippen molar-refractivity contribution in [2.45, 2.75) is 26.5 Å². The predicted molar refractivity (Wildman–Crippen MR) is 98.8 cm³/mol. The van der Waals surface area contributed by atoms with Crippen LogP contribution in [0.25, 0.3) is 0 Å². The van der Waals surface area contributed by atoms with Gasteiger partial charge in [0.15, 0.2) is 0 Å². The molecule has 1 aliphatic rings. The Labute approximate surface area is 153 Å². The van der Waals surface area contributed by atoms with Crippen LogP contribution < -0.4 is 10.1 Å². The number of rotatable bonds is 8. The Kier molecular flexibility index (Phi) is 8.08. The minimum atomic E-state index is -0.0673. The first-order valence-electron chi connectivity index (χ1n) is 8.50. The van der Waals surface area contributed by atoms with Crippen LogP contribution in [-0.2, 0) is 20.9 Å². The van der Waals surface area contributed by atoms with Crippen LogP contribution in [0.1, 0.15) is 19.4 Å². The Morgan fingerprint density at radius 2 is 1.88 bits per heavy atom. The summed E-state index contributed by atoms with van der Waals surface area (Å²) in [6.45, 7) is 6.91. The van der Waals surface area contributed by atoms with Crippen LogP contribution in [0, 0.1) is 0 Å². The largest absolute Gasteiger partial charge is 0.491 e. The first kappa shape index (κ1) is 19.6. The lowest BCUT2D eigenvalue weighted by Gasteiger charge is -2.26. The molecular formula is C18H26N2O4S. The van der Waals surface area contributed by atoms with Crippen LogP contribution in [0.5, 0.6) is 5.75 Å². The number of carbonyl (C=O) groups excluding carboxylic acids is 2. The van der Waals surface area contributed by atoms with Crippen molar-refractivity contribution in [3.8, 4) is 5.75 Å². The fourth-order valence-electron chi connectivity index (χ4n) is 2.34. The molecule has 1 heterocycles. The highest BCUT2D eigenvalue weighted by Gasteiger charge is 2.16. The number of benzene rings is 1. The summed E-state index contributed by atoms with van der Waals surface area (Å²) in [6.07, 6.45) is 0.141. The monoisotopic (exact) mass is 366 g/mol. The molecule has 0 radical (unpaired) electrons. The summed E-state index contributed by atoms with van der Waals surface area (Å²) in [6, 6.07) is 7.68. The molecule has 7 heteroatoms. The van der Waals surface area contributed by atoms with Crippen molar-refractivity contribution in [3.05, 3.63) is 29.8 Å². The number of hydrogen-bond donors (Lipinski definition) is 1. The van der Waals surface area contributed by atoms with Gasteiger partial charge in [-0.2, -0.15) is 0 Å². The van der Waals surface area contributed by atoms with Gasteiger partial charge in [-0.3, -0.25) is 9.59 Å². The van der Waals surface area contributed by atoms with Gasteiger partial charge in [0.2, 0.25) is 11.8 Å². The fraction of sp³-hybridized carbons (Fsp3) is 0.556. The molecule has 0 unspecified atom stereocenters. The lowest BCUT2D eigenvalue weighted by Crippen LogP contribution is -2.41. The summed E-state index contributed by atoms with van der Waals surface area (Å²) >= 11 is 1.34. The van der Waals surface area contributed by atoms with Gasteiger partial charge in [-0.15, -0.1) is 11.8 Å². The van der Waals surface area contributed by atoms with Crippen molar-refractivity contribution in [2.24, 2.45) is 0 Å². The Balaban J connectivity index is 1.62. The standard InChI is InChI=1S/C18H26N2O4S/c1-14(2)24-16-5-3-15(4-6-16)11-19-17(21)12-25-13-18(22)20-7-9-23-10-8-20/h3-6,14H,7-13H2,1-2H3,(H,19,21). The molecule has 6 nitrogen and oxygen atoms in total. The molecule has 1 N–H and O–H groups in total. The molecule has 2 amide bonds. The maximum absolute atomic E-state index is 12.0. The van der Waals surface area contributed by atoms with Crippen LogP contribution >= 0.6 is 11.8 Å². The molecule has 2 rings (SSSR count). The molecular weight excluding hydrogens is 340 g/mol. The number of carbonyl (C=O) groups is 2. The average Bonchev–Trinajstić information content (AvgIpc) is 2.61. The van der Waals surface area contributed by atoms with E-state index in [1.807, 2.05) is 38.1 Å². The highest BCUT2D eigenvalue weighted by Crippen LogP contribution is 2.13. The van der Waals surface area contributed by atoms with Crippen molar-refractivity contribution in [1.82, 2.24) is 10.2 Å². The maximum Gasteiger partial charge on any atom is 0.232 e. The first-order valence-corrected chi connectivity index (χ1v) is 9.65. The third-order valence-electron chi connectivity index (χ3n) is 3.61. The summed E-state index contributed by atoms with van der Waals surface area (Å²) in [4.78, 5) is 25.6. The molecule has 138 valence electrons. The zero-order chi connectivity index (χ0) is 18.1. The third-order valence-corrected chi connectivity index (χ3v) is 4.52. The summed E-state index contributed by atoms with van der Waals surface area (Å²) < 4.78 is 10.8. The van der Waals surface area contributed by atoms with Gasteiger partial charge in [0, 0.05) is 19.6 Å². The smallest absolute Gasteiger partial charge is 0.232 e. The van der Waals surface area contributed by atoms with Gasteiger partial charge >= 0.3 is 0 Å². The molecule has 0 aliphatic carbocycles. The number of nitrogens with one attached hydrogen (secondary N) is 1. The molecule has 25 heavy (non-hydrogen) atoms. The van der Waals surface area contributed by atoms with E-state index in [2.05, 4.69) is 5.32 Å². The number of nitrogens with zero attached hydrogens (tertiary/aromatic N) is 1. The quantitative estimate of drug-likeness (QED) is 0.758. The zero-order valence-electron chi connectivity index (χ0n) is 14.8. The summed E-state index contributed by atoms with van der Waals surface area (Å²) in [5.74, 6) is 1.44. The lowest BCUT2D eigenvalue weighted by atomic mass is 10.2. The molecule has 1 aliphatic heterocycles. The van der Waals surface area contributed by atoms with Crippen LogP contribution in [-0.4, -0.2) is 60.6 Å². The van der Waals surface area contributed by atoms with E-state index >= 15 is 0 Å². The van der Waals surface area contributed by atoms with Crippen LogP contribution in [0.4, 0.5) is 0 Å². The SMILES string of the molecule is CC(C)Oc1ccc(CNC(=O)CSCC(=O)N2CCOCC2)cc1. The van der Waals surface area contributed by atoms with E-state index < -0.39 is 0 Å². The Bertz CT molecular complexity index is 557. The van der Waals surface area contributed by atoms with Gasteiger partial charge in [-0.1, -0.05) is 12.1 Å². The van der Waals surface area contributed by atoms with E-state index in [-0.39, 0.29) is 23.7 Å². The molecule has 1 fully saturated rings. The topological polar surface area (TPSA) is 67.9 Å². The van der Waals surface area contributed by atoms with E-state index in [1.54, 1.807) is 4.90 Å². The lowest BCUT2D eigenvalue weighted by molar-refractivity contribution is -0.132. The summed E-state index contributed by atoms with van der Waals surface area (Å²) in [5.41, 5.74) is 1.01. The number of amides is 2. The minimum Gasteiger partial charge on any atom is -0.491 e. The highest BCUT2D eigenvalue weighted by molar-refractivity contribution is 8.00. The Hall–Kier alpha value is -1.73. The van der Waals surface area contributed by atoms with Crippen molar-refractivity contribution < 1.29 is 19.1 Å². The van der Waals surface area contributed by atoms with E-state index in [4.69, 9.17) is 9.47 Å². The normalized spacial score (nSPS) is 14.4. The molecule has 0 spiro atoms. The van der Waals surface area contributed by atoms with Crippen LogP contribution in [0.15, 0.2) is 24.3 Å². The zero-order valence-corrected chi connectivity index (χ0v) is 15.6. The van der Waals surface area contributed by atoms with Gasteiger partial charge in [-0.05, 0) is 31.5 Å². The van der Waals surface area contributed by atoms with Crippen LogP contribution in [0.3, 0.4) is 0 Å². The third kappa shape index (κ3) is 7.36. The predicted octanol–water partition coefficient (Wildman–Crippen LogP) is 1.68. The molecule has 1 saturated heterocycles. The van der Waals surface area contributed by atoms with Crippen LogP contribution in [0.2, 0.25) is 0 Å². The Morgan fingerprint density at radius 1 is 1.20 bits per heavy atom. The van der Waals surface area contributed by atoms with E-state index in [0.29, 0.717) is 38.6 Å². The van der Waals surface area contributed by atoms with E-state index in [9.17, 15) is 9.59 Å². The number of morpholine rings is 1. The summed E-state index contributed by atoms with van der Waals surface area (Å²) in [7, 11) is 0. The fourth-order valence-corrected chi connectivity index (χ4v) is 3.09. The first-order chi connectivity index (χ1) is 12.0. The van der Waals surface area contributed by atoms with Gasteiger partial charge in [0.1, 0.15) is 5.75 Å². The second kappa shape index (κ2) is 10.3. The molecule has 0 bridgehead atoms. The molecule has 1 aromatic rings. The highest BCUT2D eigenvalue weighted by atomic mass is 32.2. The van der Waals surface area contributed by atoms with Crippen molar-refractivity contribution >= 4 is 23.6 Å². The van der Waals surface area contributed by atoms with Crippen molar-refractivity contribution in [2.75, 3.05) is 37.8 Å². The number of ether oxygens (including phenoxy) is 2. The van der Waals surface area contributed by atoms with Gasteiger partial charge in [0.05, 0.1) is 30.8 Å². The van der Waals surface area contributed by atoms with Crippen molar-refractivity contribution in [3.63, 3.8) is 0 Å². The van der Waals surface area contributed by atoms with Gasteiger partial charge in [0.25, 0.3) is 0 Å². The van der Waals surface area contributed by atoms with E-state index in [1.165, 1.54) is 11.8 Å². The number of thioether (sulfide) groups is 1. The minimum absolute atomic E-state index is 0.0673. The molecule has 0 atom stereocenters. The second-order valence-electron chi connectivity index (χ2n) is 6.07. The van der Waals surface area contributed by atoms with Gasteiger partial charge < -0.3 is 19.7 Å². The maximum atomic E-state index is 12.0. The number of hydrogen-bond acceptors (Lipinski definition) is 5. The second-order valence-corrected chi connectivity index (χ2v) is 7.06. The van der Waals surface area contributed by atoms with Gasteiger partial charge in [-0.25, -0.2) is 0 Å². The molecule has 0 aromatic heterocycles. The van der Waals surface area contributed by atoms with Crippen molar-refractivity contribution in [1.29, 1.82) is 0 Å². The molecule has 0 saturated carbocycles. The Morgan fingerprint density at radius 3 is 2.52 bits per heavy atom. The van der Waals surface area contributed by atoms with E-state index in [0.717, 1.165) is 11.3 Å². The summed E-state index contributed by atoms with van der Waals surface area (Å²) in [5, 5.41) is 2.87. The molecule has 1 aromatic carbocycles.